The first-order valence-corrected chi connectivity index (χ1v) is 8.56. The molecule has 1 aromatic heterocycles. The topological polar surface area (TPSA) is 132 Å². The zero-order valence-electron chi connectivity index (χ0n) is 15.5. The van der Waals surface area contributed by atoms with Crippen molar-refractivity contribution in [2.75, 3.05) is 5.32 Å². The zero-order chi connectivity index (χ0) is 20.1. The number of hydrogen-bond donors (Lipinski definition) is 3. The maximum Gasteiger partial charge on any atom is 0.252 e. The first-order chi connectivity index (χ1) is 12.8. The Kier molecular flexibility index (Phi) is 6.32. The van der Waals surface area contributed by atoms with Gasteiger partial charge in [-0.1, -0.05) is 19.1 Å². The average Bonchev–Trinajstić information content (AvgIpc) is 2.64. The van der Waals surface area contributed by atoms with E-state index < -0.39 is 24.1 Å². The fourth-order valence-electron chi connectivity index (χ4n) is 3.26. The van der Waals surface area contributed by atoms with Crippen molar-refractivity contribution in [2.24, 2.45) is 11.7 Å². The number of aromatic nitrogens is 1. The summed E-state index contributed by atoms with van der Waals surface area (Å²) in [7, 11) is 0. The fraction of sp³-hybridized carbons (Fsp3) is 0.368. The lowest BCUT2D eigenvalue weighted by Crippen LogP contribution is -2.54. The van der Waals surface area contributed by atoms with E-state index in [2.05, 4.69) is 16.4 Å². The minimum absolute atomic E-state index is 0.129. The molecule has 8 nitrogen and oxygen atoms in total. The Balaban J connectivity index is 2.54. The Labute approximate surface area is 158 Å². The van der Waals surface area contributed by atoms with Crippen molar-refractivity contribution in [2.45, 2.75) is 39.5 Å². The van der Waals surface area contributed by atoms with Gasteiger partial charge in [-0.3, -0.25) is 14.5 Å². The van der Waals surface area contributed by atoms with Gasteiger partial charge in [0.15, 0.2) is 0 Å². The second kappa shape index (κ2) is 8.47. The molecule has 0 aliphatic carbocycles. The monoisotopic (exact) mass is 369 g/mol. The highest BCUT2D eigenvalue weighted by Gasteiger charge is 2.41. The van der Waals surface area contributed by atoms with Gasteiger partial charge >= 0.3 is 0 Å². The molecule has 1 aliphatic rings. The Morgan fingerprint density at radius 2 is 2.22 bits per heavy atom. The molecule has 2 amide bonds. The van der Waals surface area contributed by atoms with Crippen LogP contribution < -0.4 is 11.1 Å². The smallest absolute Gasteiger partial charge is 0.252 e. The van der Waals surface area contributed by atoms with Crippen LogP contribution in [0.1, 0.15) is 37.6 Å². The first-order valence-electron chi connectivity index (χ1n) is 8.56. The first kappa shape index (κ1) is 20.1. The minimum Gasteiger partial charge on any atom is -0.373 e. The van der Waals surface area contributed by atoms with Gasteiger partial charge in [0, 0.05) is 24.7 Å². The van der Waals surface area contributed by atoms with Crippen LogP contribution >= 0.6 is 0 Å². The van der Waals surface area contributed by atoms with Gasteiger partial charge in [0.1, 0.15) is 12.0 Å². The lowest BCUT2D eigenvalue weighted by Gasteiger charge is -2.44. The lowest BCUT2D eigenvalue weighted by molar-refractivity contribution is -0.139. The van der Waals surface area contributed by atoms with Crippen molar-refractivity contribution in [3.05, 3.63) is 47.3 Å². The van der Waals surface area contributed by atoms with Gasteiger partial charge in [0.25, 0.3) is 5.91 Å². The number of anilines is 1. The highest BCUT2D eigenvalue weighted by Crippen LogP contribution is 2.36. The Hall–Kier alpha value is -3.18. The molecule has 2 rings (SSSR count). The van der Waals surface area contributed by atoms with E-state index >= 15 is 0 Å². The van der Waals surface area contributed by atoms with Crippen molar-refractivity contribution in [3.8, 4) is 6.07 Å². The normalized spacial score (nSPS) is 25.3. The molecular weight excluding hydrogens is 346 g/mol. The number of rotatable bonds is 4. The van der Waals surface area contributed by atoms with Crippen LogP contribution in [0.15, 0.2) is 41.8 Å². The fourth-order valence-corrected chi connectivity index (χ4v) is 3.26. The van der Waals surface area contributed by atoms with Crippen LogP contribution in [0.5, 0.6) is 0 Å². The number of carbonyl (C=O) groups is 2. The number of nitrogens with two attached hydrogens (primary N) is 1. The quantitative estimate of drug-likeness (QED) is 0.737. The Bertz CT molecular complexity index is 840. The van der Waals surface area contributed by atoms with E-state index in [1.807, 2.05) is 0 Å². The summed E-state index contributed by atoms with van der Waals surface area (Å²) < 4.78 is 0. The molecule has 1 fully saturated rings. The van der Waals surface area contributed by atoms with Gasteiger partial charge < -0.3 is 16.2 Å². The Morgan fingerprint density at radius 1 is 1.52 bits per heavy atom. The highest BCUT2D eigenvalue weighted by atomic mass is 16.3. The van der Waals surface area contributed by atoms with Gasteiger partial charge in [-0.2, -0.15) is 5.26 Å². The molecule has 0 spiro atoms. The summed E-state index contributed by atoms with van der Waals surface area (Å²) in [4.78, 5) is 29.3. The summed E-state index contributed by atoms with van der Waals surface area (Å²) in [6, 6.07) is 4.73. The summed E-state index contributed by atoms with van der Waals surface area (Å²) in [5.74, 6) is -1.10. The van der Waals surface area contributed by atoms with Crippen LogP contribution in [0.4, 0.5) is 5.82 Å². The summed E-state index contributed by atoms with van der Waals surface area (Å²) in [6.45, 7) is 4.90. The molecule has 1 aliphatic heterocycles. The largest absolute Gasteiger partial charge is 0.373 e. The molecule has 142 valence electrons. The number of nitrogens with zero attached hydrogens (tertiary/aromatic N) is 3. The molecule has 1 saturated heterocycles. The number of amides is 2. The molecule has 0 saturated carbocycles. The number of nitriles is 1. The maximum atomic E-state index is 12.1. The molecule has 0 radical (unpaired) electrons. The van der Waals surface area contributed by atoms with Gasteiger partial charge in [-0.05, 0) is 24.6 Å². The zero-order valence-corrected chi connectivity index (χ0v) is 15.5. The van der Waals surface area contributed by atoms with Crippen LogP contribution in [0.3, 0.4) is 0 Å². The molecule has 0 aromatic carbocycles. The molecule has 8 heteroatoms. The van der Waals surface area contributed by atoms with E-state index in [1.54, 1.807) is 38.1 Å². The van der Waals surface area contributed by atoms with E-state index in [9.17, 15) is 14.7 Å². The summed E-state index contributed by atoms with van der Waals surface area (Å²) in [6.07, 6.45) is 3.99. The SMILES string of the molecule is C/C=C1\C(=C/CC#N)[C@H](Nc2ncccc2C(N)=O)[C@@H](C)[C@H](O)N1C(C)=O. The molecule has 0 bridgehead atoms. The summed E-state index contributed by atoms with van der Waals surface area (Å²) in [5, 5.41) is 22.9. The molecule has 27 heavy (non-hydrogen) atoms. The summed E-state index contributed by atoms with van der Waals surface area (Å²) in [5.41, 5.74) is 6.82. The van der Waals surface area contributed by atoms with Gasteiger partial charge in [-0.25, -0.2) is 4.98 Å². The molecule has 4 N–H and O–H groups in total. The van der Waals surface area contributed by atoms with Crippen molar-refractivity contribution >= 4 is 17.6 Å². The third-order valence-electron chi connectivity index (χ3n) is 4.54. The Morgan fingerprint density at radius 3 is 2.78 bits per heavy atom. The molecule has 3 atom stereocenters. The summed E-state index contributed by atoms with van der Waals surface area (Å²) >= 11 is 0. The predicted molar refractivity (Wildman–Crippen MR) is 99.9 cm³/mol. The number of aliphatic hydroxyl groups excluding tert-OH is 1. The number of primary amides is 1. The number of nitrogens with one attached hydrogen (secondary N) is 1. The number of piperidine rings is 1. The number of carbonyl (C=O) groups excluding carboxylic acids is 2. The van der Waals surface area contributed by atoms with E-state index in [0.717, 1.165) is 0 Å². The predicted octanol–water partition coefficient (Wildman–Crippen LogP) is 1.52. The van der Waals surface area contributed by atoms with Gasteiger partial charge in [0.05, 0.1) is 24.1 Å². The number of pyridine rings is 1. The van der Waals surface area contributed by atoms with Crippen molar-refractivity contribution in [1.29, 1.82) is 5.26 Å². The van der Waals surface area contributed by atoms with E-state index in [0.29, 0.717) is 11.3 Å². The van der Waals surface area contributed by atoms with Crippen LogP contribution in [-0.2, 0) is 4.79 Å². The maximum absolute atomic E-state index is 12.1. The van der Waals surface area contributed by atoms with Crippen molar-refractivity contribution in [3.63, 3.8) is 0 Å². The number of aliphatic hydroxyl groups is 1. The van der Waals surface area contributed by atoms with E-state index in [-0.39, 0.29) is 23.7 Å². The minimum atomic E-state index is -1.08. The molecular formula is C19H23N5O3. The lowest BCUT2D eigenvalue weighted by atomic mass is 9.84. The molecule has 0 unspecified atom stereocenters. The van der Waals surface area contributed by atoms with Crippen LogP contribution in [0.25, 0.3) is 0 Å². The number of likely N-dealkylation sites (tertiary alicyclic amines) is 1. The van der Waals surface area contributed by atoms with Crippen molar-refractivity contribution < 1.29 is 14.7 Å². The second-order valence-electron chi connectivity index (χ2n) is 6.24. The van der Waals surface area contributed by atoms with Gasteiger partial charge in [0.2, 0.25) is 5.91 Å². The average molecular weight is 369 g/mol. The second-order valence-corrected chi connectivity index (χ2v) is 6.24. The molecule has 1 aromatic rings. The number of hydrogen-bond acceptors (Lipinski definition) is 6. The third kappa shape index (κ3) is 3.99. The third-order valence-corrected chi connectivity index (χ3v) is 4.54. The van der Waals surface area contributed by atoms with Gasteiger partial charge in [-0.15, -0.1) is 0 Å². The highest BCUT2D eigenvalue weighted by molar-refractivity contribution is 5.97. The van der Waals surface area contributed by atoms with E-state index in [4.69, 9.17) is 11.0 Å². The molecule has 2 heterocycles. The standard InChI is InChI=1S/C19H23N5O3/c1-4-15-13(7-5-9-20)16(11(2)19(27)24(15)12(3)25)23-18-14(17(21)26)8-6-10-22-18/h4,6-8,10-11,16,19,27H,5H2,1-3H3,(H2,21,26)(H,22,23)/b13-7+,15-4+/t11-,16-,19+/m1/s1. The van der Waals surface area contributed by atoms with Crippen LogP contribution in [0.2, 0.25) is 0 Å². The van der Waals surface area contributed by atoms with E-state index in [1.165, 1.54) is 18.0 Å². The van der Waals surface area contributed by atoms with Crippen LogP contribution in [-0.4, -0.2) is 39.1 Å². The number of allylic oxidation sites excluding steroid dienone is 2. The van der Waals surface area contributed by atoms with Crippen molar-refractivity contribution in [1.82, 2.24) is 9.88 Å². The van der Waals surface area contributed by atoms with Crippen LogP contribution in [0, 0.1) is 17.2 Å².